The van der Waals surface area contributed by atoms with Gasteiger partial charge in [0.05, 0.1) is 5.69 Å². The van der Waals surface area contributed by atoms with Crippen molar-refractivity contribution in [1.29, 1.82) is 0 Å². The van der Waals surface area contributed by atoms with E-state index in [1.165, 1.54) is 5.56 Å². The summed E-state index contributed by atoms with van der Waals surface area (Å²) in [7, 11) is 0. The lowest BCUT2D eigenvalue weighted by Crippen LogP contribution is -2.17. The summed E-state index contributed by atoms with van der Waals surface area (Å²) in [6.07, 6.45) is 4.77. The fourth-order valence-electron chi connectivity index (χ4n) is 1.58. The van der Waals surface area contributed by atoms with Crippen molar-refractivity contribution in [3.8, 4) is 0 Å². The van der Waals surface area contributed by atoms with Crippen LogP contribution in [0.5, 0.6) is 0 Å². The predicted molar refractivity (Wildman–Crippen MR) is 75.9 cm³/mol. The van der Waals surface area contributed by atoms with Gasteiger partial charge >= 0.3 is 0 Å². The molecule has 2 rings (SSSR count). The highest BCUT2D eigenvalue weighted by atomic mass is 32.1. The first kappa shape index (κ1) is 13.0. The lowest BCUT2D eigenvalue weighted by Gasteiger charge is -2.05. The van der Waals surface area contributed by atoms with Gasteiger partial charge in [-0.15, -0.1) is 11.3 Å². The third-order valence-electron chi connectivity index (χ3n) is 2.48. The van der Waals surface area contributed by atoms with Crippen LogP contribution in [0.1, 0.15) is 17.7 Å². The van der Waals surface area contributed by atoms with Gasteiger partial charge < -0.3 is 10.6 Å². The number of aromatic nitrogens is 2. The van der Waals surface area contributed by atoms with Gasteiger partial charge in [-0.2, -0.15) is 0 Å². The molecule has 0 spiro atoms. The quantitative estimate of drug-likeness (QED) is 0.753. The molecule has 0 aliphatic heterocycles. The van der Waals surface area contributed by atoms with Crippen LogP contribution in [0.4, 0.5) is 5.13 Å². The van der Waals surface area contributed by atoms with Crippen molar-refractivity contribution in [3.05, 3.63) is 41.2 Å². The number of thiazole rings is 1. The van der Waals surface area contributed by atoms with E-state index >= 15 is 0 Å². The van der Waals surface area contributed by atoms with Crippen molar-refractivity contribution >= 4 is 16.5 Å². The summed E-state index contributed by atoms with van der Waals surface area (Å²) in [5.74, 6) is 0. The number of rotatable bonds is 7. The molecule has 2 heterocycles. The van der Waals surface area contributed by atoms with Crippen LogP contribution in [-0.4, -0.2) is 23.1 Å². The van der Waals surface area contributed by atoms with Gasteiger partial charge in [0.25, 0.3) is 0 Å². The molecule has 0 radical (unpaired) electrons. The van der Waals surface area contributed by atoms with Crippen LogP contribution in [0.2, 0.25) is 0 Å². The average Bonchev–Trinajstić information content (AvgIpc) is 2.81. The Balaban J connectivity index is 1.54. The second-order valence-electron chi connectivity index (χ2n) is 4.11. The Hall–Kier alpha value is -1.46. The van der Waals surface area contributed by atoms with Gasteiger partial charge in [-0.05, 0) is 31.5 Å². The molecule has 0 bridgehead atoms. The summed E-state index contributed by atoms with van der Waals surface area (Å²) >= 11 is 1.66. The molecule has 18 heavy (non-hydrogen) atoms. The molecule has 5 heteroatoms. The van der Waals surface area contributed by atoms with Crippen molar-refractivity contribution in [1.82, 2.24) is 15.3 Å². The molecule has 2 N–H and O–H groups in total. The number of pyridine rings is 1. The van der Waals surface area contributed by atoms with Crippen molar-refractivity contribution in [2.45, 2.75) is 19.9 Å². The fraction of sp³-hybridized carbons (Fsp3) is 0.385. The minimum Gasteiger partial charge on any atom is -0.361 e. The molecule has 2 aromatic rings. The first-order valence-electron chi connectivity index (χ1n) is 6.10. The van der Waals surface area contributed by atoms with Crippen molar-refractivity contribution in [2.24, 2.45) is 0 Å². The second kappa shape index (κ2) is 7.08. The highest BCUT2D eigenvalue weighted by molar-refractivity contribution is 7.13. The minimum atomic E-state index is 0.879. The Labute approximate surface area is 111 Å². The zero-order chi connectivity index (χ0) is 12.6. The number of nitrogens with one attached hydrogen (secondary N) is 2. The lowest BCUT2D eigenvalue weighted by molar-refractivity contribution is 0.662. The largest absolute Gasteiger partial charge is 0.361 e. The van der Waals surface area contributed by atoms with E-state index in [0.29, 0.717) is 0 Å². The number of hydrogen-bond donors (Lipinski definition) is 2. The molecule has 0 aliphatic carbocycles. The van der Waals surface area contributed by atoms with Crippen LogP contribution < -0.4 is 10.6 Å². The SMILES string of the molecule is Cc1csc(NCCCNCc2cccnc2)n1. The molecule has 0 fully saturated rings. The van der Waals surface area contributed by atoms with E-state index < -0.39 is 0 Å². The molecule has 0 unspecified atom stereocenters. The van der Waals surface area contributed by atoms with E-state index in [9.17, 15) is 0 Å². The summed E-state index contributed by atoms with van der Waals surface area (Å²) < 4.78 is 0. The highest BCUT2D eigenvalue weighted by Gasteiger charge is 1.96. The van der Waals surface area contributed by atoms with Gasteiger partial charge in [-0.1, -0.05) is 6.07 Å². The maximum atomic E-state index is 4.35. The van der Waals surface area contributed by atoms with Gasteiger partial charge in [0.1, 0.15) is 0 Å². The summed E-state index contributed by atoms with van der Waals surface area (Å²) in [5.41, 5.74) is 2.30. The van der Waals surface area contributed by atoms with Crippen LogP contribution in [0, 0.1) is 6.92 Å². The molecule has 0 saturated carbocycles. The Morgan fingerprint density at radius 1 is 1.33 bits per heavy atom. The van der Waals surface area contributed by atoms with E-state index in [2.05, 4.69) is 32.0 Å². The van der Waals surface area contributed by atoms with Gasteiger partial charge in [0.2, 0.25) is 0 Å². The summed E-state index contributed by atoms with van der Waals surface area (Å²) in [4.78, 5) is 8.44. The maximum Gasteiger partial charge on any atom is 0.182 e. The standard InChI is InChI=1S/C13H18N4S/c1-11-10-18-13(17-11)16-7-3-6-15-9-12-4-2-5-14-8-12/h2,4-5,8,10,15H,3,6-7,9H2,1H3,(H,16,17). The molecule has 2 aromatic heterocycles. The molecular weight excluding hydrogens is 244 g/mol. The van der Waals surface area contributed by atoms with Crippen LogP contribution >= 0.6 is 11.3 Å². The monoisotopic (exact) mass is 262 g/mol. The summed E-state index contributed by atoms with van der Waals surface area (Å²) in [6, 6.07) is 4.04. The van der Waals surface area contributed by atoms with E-state index in [4.69, 9.17) is 0 Å². The topological polar surface area (TPSA) is 49.8 Å². The Kier molecular flexibility index (Phi) is 5.11. The molecule has 0 amide bonds. The summed E-state index contributed by atoms with van der Waals surface area (Å²) in [5, 5.41) is 9.79. The Bertz CT molecular complexity index is 455. The van der Waals surface area contributed by atoms with Crippen LogP contribution in [0.3, 0.4) is 0 Å². The number of anilines is 1. The lowest BCUT2D eigenvalue weighted by atomic mass is 10.3. The molecule has 0 atom stereocenters. The van der Waals surface area contributed by atoms with E-state index in [1.54, 1.807) is 17.5 Å². The van der Waals surface area contributed by atoms with E-state index in [-0.39, 0.29) is 0 Å². The maximum absolute atomic E-state index is 4.35. The predicted octanol–water partition coefficient (Wildman–Crippen LogP) is 2.44. The fourth-order valence-corrected chi connectivity index (χ4v) is 2.30. The zero-order valence-electron chi connectivity index (χ0n) is 10.5. The van der Waals surface area contributed by atoms with E-state index in [1.807, 2.05) is 19.2 Å². The first-order valence-corrected chi connectivity index (χ1v) is 6.98. The van der Waals surface area contributed by atoms with Crippen LogP contribution in [0.15, 0.2) is 29.9 Å². The molecule has 0 aliphatic rings. The van der Waals surface area contributed by atoms with Gasteiger partial charge in [0.15, 0.2) is 5.13 Å². The van der Waals surface area contributed by atoms with Crippen molar-refractivity contribution in [2.75, 3.05) is 18.4 Å². The molecule has 4 nitrogen and oxygen atoms in total. The third kappa shape index (κ3) is 4.43. The second-order valence-corrected chi connectivity index (χ2v) is 4.97. The molecule has 0 saturated heterocycles. The van der Waals surface area contributed by atoms with Gasteiger partial charge in [0, 0.05) is 30.9 Å². The van der Waals surface area contributed by atoms with Crippen LogP contribution in [0.25, 0.3) is 0 Å². The Morgan fingerprint density at radius 3 is 3.00 bits per heavy atom. The smallest absolute Gasteiger partial charge is 0.182 e. The average molecular weight is 262 g/mol. The zero-order valence-corrected chi connectivity index (χ0v) is 11.3. The van der Waals surface area contributed by atoms with Crippen molar-refractivity contribution in [3.63, 3.8) is 0 Å². The number of nitrogens with zero attached hydrogens (tertiary/aromatic N) is 2. The number of hydrogen-bond acceptors (Lipinski definition) is 5. The van der Waals surface area contributed by atoms with Crippen molar-refractivity contribution < 1.29 is 0 Å². The van der Waals surface area contributed by atoms with Gasteiger partial charge in [-0.25, -0.2) is 4.98 Å². The van der Waals surface area contributed by atoms with Gasteiger partial charge in [-0.3, -0.25) is 4.98 Å². The van der Waals surface area contributed by atoms with Crippen LogP contribution in [-0.2, 0) is 6.54 Å². The molecular formula is C13H18N4S. The van der Waals surface area contributed by atoms with E-state index in [0.717, 1.165) is 36.9 Å². The number of aryl methyl sites for hydroxylation is 1. The molecule has 96 valence electrons. The highest BCUT2D eigenvalue weighted by Crippen LogP contribution is 2.13. The normalized spacial score (nSPS) is 10.5. The minimum absolute atomic E-state index is 0.879. The first-order chi connectivity index (χ1) is 8.84. The Morgan fingerprint density at radius 2 is 2.28 bits per heavy atom. The third-order valence-corrected chi connectivity index (χ3v) is 3.40. The molecule has 0 aromatic carbocycles. The summed E-state index contributed by atoms with van der Waals surface area (Å²) in [6.45, 7) is 4.83.